The van der Waals surface area contributed by atoms with Crippen LogP contribution in [0.1, 0.15) is 41.4 Å². The van der Waals surface area contributed by atoms with Crippen molar-refractivity contribution in [3.63, 3.8) is 0 Å². The average molecular weight is 449 g/mol. The first-order valence-corrected chi connectivity index (χ1v) is 10.8. The van der Waals surface area contributed by atoms with E-state index in [2.05, 4.69) is 4.99 Å². The molecule has 2 heterocycles. The average Bonchev–Trinajstić information content (AvgIpc) is 3.08. The molecule has 32 heavy (non-hydrogen) atoms. The summed E-state index contributed by atoms with van der Waals surface area (Å²) in [6.45, 7) is 3.69. The molecule has 0 saturated heterocycles. The number of ether oxygens (including phenoxy) is 1. The number of fused-ring (bicyclic) bond motifs is 1. The zero-order valence-electron chi connectivity index (χ0n) is 17.4. The molecular weight excluding hydrogens is 428 g/mol. The first-order chi connectivity index (χ1) is 15.4. The third-order valence-electron chi connectivity index (χ3n) is 5.09. The second-order valence-electron chi connectivity index (χ2n) is 7.14. The van der Waals surface area contributed by atoms with Crippen LogP contribution in [0.15, 0.2) is 75.7 Å². The van der Waals surface area contributed by atoms with E-state index in [4.69, 9.17) is 9.84 Å². The maximum atomic E-state index is 13.4. The van der Waals surface area contributed by atoms with Crippen LogP contribution in [0.3, 0.4) is 0 Å². The Morgan fingerprint density at radius 1 is 1.16 bits per heavy atom. The Bertz CT molecular complexity index is 1400. The van der Waals surface area contributed by atoms with Gasteiger partial charge in [0.1, 0.15) is 0 Å². The number of esters is 1. The zero-order chi connectivity index (χ0) is 22.8. The van der Waals surface area contributed by atoms with Crippen molar-refractivity contribution >= 4 is 29.4 Å². The molecular formula is C24H20N2O5S. The van der Waals surface area contributed by atoms with Gasteiger partial charge in [-0.2, -0.15) is 0 Å². The highest BCUT2D eigenvalue weighted by atomic mass is 32.1. The van der Waals surface area contributed by atoms with Crippen molar-refractivity contribution in [1.82, 2.24) is 4.57 Å². The Balaban J connectivity index is 1.90. The molecule has 7 nitrogen and oxygen atoms in total. The van der Waals surface area contributed by atoms with Gasteiger partial charge in [0.2, 0.25) is 0 Å². The maximum absolute atomic E-state index is 13.4. The van der Waals surface area contributed by atoms with Gasteiger partial charge < -0.3 is 9.84 Å². The van der Waals surface area contributed by atoms with Crippen LogP contribution in [0.25, 0.3) is 6.08 Å². The molecule has 162 valence electrons. The molecule has 8 heteroatoms. The molecule has 3 aromatic rings. The number of rotatable bonds is 5. The largest absolute Gasteiger partial charge is 0.478 e. The van der Waals surface area contributed by atoms with Crippen molar-refractivity contribution < 1.29 is 19.4 Å². The van der Waals surface area contributed by atoms with Gasteiger partial charge >= 0.3 is 11.9 Å². The number of benzene rings is 2. The van der Waals surface area contributed by atoms with Crippen LogP contribution in [-0.2, 0) is 9.53 Å². The van der Waals surface area contributed by atoms with Crippen LogP contribution in [-0.4, -0.2) is 28.2 Å². The number of aromatic nitrogens is 1. The summed E-state index contributed by atoms with van der Waals surface area (Å²) in [6.07, 6.45) is 1.70. The fourth-order valence-electron chi connectivity index (χ4n) is 3.62. The van der Waals surface area contributed by atoms with Gasteiger partial charge in [-0.1, -0.05) is 53.8 Å². The fraction of sp³-hybridized carbons (Fsp3) is 0.167. The van der Waals surface area contributed by atoms with E-state index in [1.54, 1.807) is 32.1 Å². The van der Waals surface area contributed by atoms with E-state index in [1.165, 1.54) is 28.0 Å². The summed E-state index contributed by atoms with van der Waals surface area (Å²) in [6, 6.07) is 14.9. The lowest BCUT2D eigenvalue weighted by Crippen LogP contribution is -2.39. The van der Waals surface area contributed by atoms with Gasteiger partial charge in [0.15, 0.2) is 4.80 Å². The minimum absolute atomic E-state index is 0.169. The summed E-state index contributed by atoms with van der Waals surface area (Å²) < 4.78 is 7.23. The quantitative estimate of drug-likeness (QED) is 0.605. The number of carboxylic acids is 1. The van der Waals surface area contributed by atoms with Gasteiger partial charge in [0.05, 0.1) is 34.0 Å². The predicted octanol–water partition coefficient (Wildman–Crippen LogP) is 2.50. The maximum Gasteiger partial charge on any atom is 0.338 e. The van der Waals surface area contributed by atoms with E-state index >= 15 is 0 Å². The van der Waals surface area contributed by atoms with Crippen LogP contribution in [0.5, 0.6) is 0 Å². The minimum Gasteiger partial charge on any atom is -0.478 e. The number of carbonyl (C=O) groups is 2. The third-order valence-corrected chi connectivity index (χ3v) is 6.07. The zero-order valence-corrected chi connectivity index (χ0v) is 18.3. The van der Waals surface area contributed by atoms with Crippen LogP contribution in [0.2, 0.25) is 0 Å². The Morgan fingerprint density at radius 3 is 2.47 bits per heavy atom. The first kappa shape index (κ1) is 21.5. The van der Waals surface area contributed by atoms with Crippen molar-refractivity contribution in [3.05, 3.63) is 102 Å². The van der Waals surface area contributed by atoms with Crippen molar-refractivity contribution in [2.45, 2.75) is 19.9 Å². The monoisotopic (exact) mass is 448 g/mol. The Kier molecular flexibility index (Phi) is 5.87. The van der Waals surface area contributed by atoms with Gasteiger partial charge in [-0.25, -0.2) is 14.6 Å². The number of carboxylic acid groups (broad SMARTS) is 1. The van der Waals surface area contributed by atoms with Crippen molar-refractivity contribution in [2.75, 3.05) is 6.61 Å². The van der Waals surface area contributed by atoms with Crippen molar-refractivity contribution in [1.29, 1.82) is 0 Å². The molecule has 1 N–H and O–H groups in total. The highest BCUT2D eigenvalue weighted by molar-refractivity contribution is 7.07. The molecule has 0 fully saturated rings. The summed E-state index contributed by atoms with van der Waals surface area (Å²) in [5.74, 6) is -1.51. The van der Waals surface area contributed by atoms with E-state index in [1.807, 2.05) is 30.3 Å². The Hall–Kier alpha value is -3.78. The molecule has 0 aliphatic carbocycles. The molecule has 0 spiro atoms. The van der Waals surface area contributed by atoms with E-state index in [0.717, 1.165) is 5.56 Å². The highest BCUT2D eigenvalue weighted by Gasteiger charge is 2.33. The highest BCUT2D eigenvalue weighted by Crippen LogP contribution is 2.30. The van der Waals surface area contributed by atoms with Crippen LogP contribution >= 0.6 is 11.3 Å². The number of hydrogen-bond acceptors (Lipinski definition) is 6. The number of nitrogens with zero attached hydrogens (tertiary/aromatic N) is 2. The number of aromatic carboxylic acids is 1. The third kappa shape index (κ3) is 3.92. The summed E-state index contributed by atoms with van der Waals surface area (Å²) >= 11 is 1.22. The molecule has 1 aliphatic rings. The number of carbonyl (C=O) groups excluding carboxylic acids is 1. The molecule has 0 saturated carbocycles. The topological polar surface area (TPSA) is 98.0 Å². The number of allylic oxidation sites excluding steroid dienone is 1. The Morgan fingerprint density at radius 2 is 1.84 bits per heavy atom. The van der Waals surface area contributed by atoms with E-state index in [-0.39, 0.29) is 17.7 Å². The van der Waals surface area contributed by atoms with Gasteiger partial charge in [0.25, 0.3) is 5.56 Å². The summed E-state index contributed by atoms with van der Waals surface area (Å²) in [5, 5.41) is 9.07. The molecule has 2 aromatic carbocycles. The number of thiazole rings is 1. The van der Waals surface area contributed by atoms with Crippen molar-refractivity contribution in [2.24, 2.45) is 4.99 Å². The van der Waals surface area contributed by atoms with Crippen LogP contribution in [0, 0.1) is 0 Å². The predicted molar refractivity (Wildman–Crippen MR) is 120 cm³/mol. The number of hydrogen-bond donors (Lipinski definition) is 1. The van der Waals surface area contributed by atoms with Gasteiger partial charge in [-0.3, -0.25) is 9.36 Å². The minimum atomic E-state index is -1.01. The van der Waals surface area contributed by atoms with Gasteiger partial charge in [-0.05, 0) is 43.2 Å². The molecule has 0 amide bonds. The van der Waals surface area contributed by atoms with E-state index < -0.39 is 18.0 Å². The summed E-state index contributed by atoms with van der Waals surface area (Å²) in [7, 11) is 0. The second kappa shape index (κ2) is 8.76. The van der Waals surface area contributed by atoms with Crippen LogP contribution in [0.4, 0.5) is 0 Å². The van der Waals surface area contributed by atoms with Crippen molar-refractivity contribution in [3.8, 4) is 0 Å². The molecule has 1 unspecified atom stereocenters. The molecule has 0 bridgehead atoms. The van der Waals surface area contributed by atoms with Gasteiger partial charge in [-0.15, -0.1) is 0 Å². The summed E-state index contributed by atoms with van der Waals surface area (Å²) in [5.41, 5.74) is 2.21. The lowest BCUT2D eigenvalue weighted by atomic mass is 9.96. The first-order valence-electron chi connectivity index (χ1n) is 9.98. The molecule has 1 aromatic heterocycles. The molecule has 1 atom stereocenters. The lowest BCUT2D eigenvalue weighted by molar-refractivity contribution is -0.139. The van der Waals surface area contributed by atoms with Crippen LogP contribution < -0.4 is 14.9 Å². The van der Waals surface area contributed by atoms with E-state index in [9.17, 15) is 14.4 Å². The smallest absolute Gasteiger partial charge is 0.338 e. The fourth-order valence-corrected chi connectivity index (χ4v) is 4.66. The SMILES string of the molecule is CCOC(=O)C1=C(C)N=c2sc(=Cc3ccc(C(=O)O)cc3)c(=O)n2C1c1ccccc1. The normalized spacial score (nSPS) is 15.8. The molecule has 1 aliphatic heterocycles. The molecule has 4 rings (SSSR count). The lowest BCUT2D eigenvalue weighted by Gasteiger charge is -2.24. The Labute approximate surface area is 187 Å². The second-order valence-corrected chi connectivity index (χ2v) is 8.15. The van der Waals surface area contributed by atoms with Gasteiger partial charge in [0, 0.05) is 0 Å². The standard InChI is InChI=1S/C24H20N2O5S/c1-3-31-23(30)19-14(2)25-24-26(20(19)16-7-5-4-6-8-16)21(27)18(32-24)13-15-9-11-17(12-10-15)22(28)29/h4-13,20H,3H2,1-2H3,(H,28,29). The summed E-state index contributed by atoms with van der Waals surface area (Å²) in [4.78, 5) is 42.3. The molecule has 0 radical (unpaired) electrons. The van der Waals surface area contributed by atoms with E-state index in [0.29, 0.717) is 26.2 Å².